The number of hydrogen-bond donors (Lipinski definition) is 2. The minimum Gasteiger partial charge on any atom is -0.512 e. The highest BCUT2D eigenvalue weighted by molar-refractivity contribution is 5.90. The Morgan fingerprint density at radius 3 is 2.35 bits per heavy atom. The van der Waals surface area contributed by atoms with E-state index in [2.05, 4.69) is 13.8 Å². The zero-order valence-corrected chi connectivity index (χ0v) is 10.7. The van der Waals surface area contributed by atoms with Crippen LogP contribution >= 0.6 is 0 Å². The number of hydrogen-bond acceptors (Lipinski definition) is 3. The maximum atomic E-state index is 11.2. The van der Waals surface area contributed by atoms with E-state index in [9.17, 15) is 15.0 Å². The third kappa shape index (κ3) is 2.54. The molecule has 0 aromatic carbocycles. The van der Waals surface area contributed by atoms with Crippen molar-refractivity contribution in [3.8, 4) is 0 Å². The second-order valence-electron chi connectivity index (χ2n) is 6.39. The molecular formula is C14H22O3. The van der Waals surface area contributed by atoms with Gasteiger partial charge >= 0.3 is 0 Å². The molecule has 1 atom stereocenters. The molecule has 0 radical (unpaired) electrons. The second kappa shape index (κ2) is 4.13. The largest absolute Gasteiger partial charge is 0.512 e. The van der Waals surface area contributed by atoms with E-state index in [1.165, 1.54) is 6.08 Å². The number of aliphatic hydroxyl groups is 2. The lowest BCUT2D eigenvalue weighted by Gasteiger charge is -2.45. The Balaban J connectivity index is 2.12. The number of carbonyl (C=O) groups is 1. The van der Waals surface area contributed by atoms with Gasteiger partial charge in [-0.05, 0) is 37.5 Å². The fourth-order valence-electron chi connectivity index (χ4n) is 3.02. The first-order valence-electron chi connectivity index (χ1n) is 6.48. The SMILES string of the molecule is CC1(C)CCC(O)(C2CCC(=O)C=C2O)CC1. The molecule has 0 amide bonds. The van der Waals surface area contributed by atoms with Crippen molar-refractivity contribution >= 4 is 5.78 Å². The average Bonchev–Trinajstić information content (AvgIpc) is 2.23. The summed E-state index contributed by atoms with van der Waals surface area (Å²) in [6.45, 7) is 4.43. The summed E-state index contributed by atoms with van der Waals surface area (Å²) >= 11 is 0. The van der Waals surface area contributed by atoms with Crippen molar-refractivity contribution in [2.24, 2.45) is 11.3 Å². The molecule has 0 heterocycles. The minimum absolute atomic E-state index is 0.0292. The topological polar surface area (TPSA) is 57.5 Å². The lowest BCUT2D eigenvalue weighted by atomic mass is 9.65. The van der Waals surface area contributed by atoms with Gasteiger partial charge in [0.1, 0.15) is 5.76 Å². The van der Waals surface area contributed by atoms with Crippen LogP contribution in [-0.4, -0.2) is 21.6 Å². The number of ketones is 1. The summed E-state index contributed by atoms with van der Waals surface area (Å²) in [4.78, 5) is 11.2. The van der Waals surface area contributed by atoms with E-state index in [1.807, 2.05) is 0 Å². The van der Waals surface area contributed by atoms with Gasteiger partial charge in [0.05, 0.1) is 5.60 Å². The summed E-state index contributed by atoms with van der Waals surface area (Å²) < 4.78 is 0. The standard InChI is InChI=1S/C14H22O3/c1-13(2)5-7-14(17,8-6-13)11-4-3-10(15)9-12(11)16/h9,11,16-17H,3-8H2,1-2H3. The van der Waals surface area contributed by atoms with Crippen LogP contribution in [0.2, 0.25) is 0 Å². The van der Waals surface area contributed by atoms with E-state index in [0.29, 0.717) is 12.8 Å². The second-order valence-corrected chi connectivity index (χ2v) is 6.39. The highest BCUT2D eigenvalue weighted by atomic mass is 16.3. The van der Waals surface area contributed by atoms with Gasteiger partial charge in [0.15, 0.2) is 5.78 Å². The van der Waals surface area contributed by atoms with Crippen LogP contribution in [0.15, 0.2) is 11.8 Å². The molecule has 3 heteroatoms. The van der Waals surface area contributed by atoms with Crippen molar-refractivity contribution < 1.29 is 15.0 Å². The van der Waals surface area contributed by atoms with Gasteiger partial charge in [-0.3, -0.25) is 4.79 Å². The van der Waals surface area contributed by atoms with Gasteiger partial charge in [-0.2, -0.15) is 0 Å². The van der Waals surface area contributed by atoms with E-state index in [1.54, 1.807) is 0 Å². The lowest BCUT2D eigenvalue weighted by molar-refractivity contribution is -0.118. The van der Waals surface area contributed by atoms with E-state index < -0.39 is 5.60 Å². The van der Waals surface area contributed by atoms with Gasteiger partial charge < -0.3 is 10.2 Å². The summed E-state index contributed by atoms with van der Waals surface area (Å²) in [5.74, 6) is -0.182. The van der Waals surface area contributed by atoms with Crippen LogP contribution in [0, 0.1) is 11.3 Å². The first-order valence-corrected chi connectivity index (χ1v) is 6.48. The van der Waals surface area contributed by atoms with Crippen LogP contribution in [0.4, 0.5) is 0 Å². The molecule has 2 aliphatic carbocycles. The molecule has 2 rings (SSSR count). The molecule has 0 aromatic rings. The van der Waals surface area contributed by atoms with Crippen molar-refractivity contribution in [2.45, 2.75) is 58.0 Å². The Morgan fingerprint density at radius 1 is 1.24 bits per heavy atom. The van der Waals surface area contributed by atoms with Crippen LogP contribution < -0.4 is 0 Å². The number of carbonyl (C=O) groups excluding carboxylic acids is 1. The van der Waals surface area contributed by atoms with E-state index in [0.717, 1.165) is 25.7 Å². The molecule has 1 unspecified atom stereocenters. The predicted molar refractivity (Wildman–Crippen MR) is 65.6 cm³/mol. The molecule has 0 spiro atoms. The van der Waals surface area contributed by atoms with Gasteiger partial charge in [-0.25, -0.2) is 0 Å². The Morgan fingerprint density at radius 2 is 1.82 bits per heavy atom. The van der Waals surface area contributed by atoms with Crippen LogP contribution in [0.3, 0.4) is 0 Å². The quantitative estimate of drug-likeness (QED) is 0.738. The monoisotopic (exact) mass is 238 g/mol. The highest BCUT2D eigenvalue weighted by Gasteiger charge is 2.45. The zero-order chi connectivity index (χ0) is 12.7. The third-order valence-electron chi connectivity index (χ3n) is 4.46. The third-order valence-corrected chi connectivity index (χ3v) is 4.46. The maximum Gasteiger partial charge on any atom is 0.159 e. The minimum atomic E-state index is -0.809. The first kappa shape index (κ1) is 12.6. The van der Waals surface area contributed by atoms with Crippen LogP contribution in [0.1, 0.15) is 52.4 Å². The summed E-state index contributed by atoms with van der Waals surface area (Å²) in [7, 11) is 0. The molecule has 17 heavy (non-hydrogen) atoms. The Labute approximate surface area is 103 Å². The molecule has 0 bridgehead atoms. The molecule has 1 saturated carbocycles. The molecular weight excluding hydrogens is 216 g/mol. The van der Waals surface area contributed by atoms with Crippen LogP contribution in [0.25, 0.3) is 0 Å². The molecule has 0 saturated heterocycles. The normalized spacial score (nSPS) is 32.1. The molecule has 2 aliphatic rings. The predicted octanol–water partition coefficient (Wildman–Crippen LogP) is 2.74. The van der Waals surface area contributed by atoms with E-state index in [4.69, 9.17) is 0 Å². The van der Waals surface area contributed by atoms with Gasteiger partial charge in [0, 0.05) is 18.4 Å². The van der Waals surface area contributed by atoms with Crippen molar-refractivity contribution in [1.29, 1.82) is 0 Å². The highest BCUT2D eigenvalue weighted by Crippen LogP contribution is 2.46. The Bertz CT molecular complexity index is 344. The zero-order valence-electron chi connectivity index (χ0n) is 10.7. The van der Waals surface area contributed by atoms with Crippen molar-refractivity contribution in [1.82, 2.24) is 0 Å². The fourth-order valence-corrected chi connectivity index (χ4v) is 3.02. The summed E-state index contributed by atoms with van der Waals surface area (Å²) in [5, 5.41) is 20.5. The number of allylic oxidation sites excluding steroid dienone is 1. The number of rotatable bonds is 1. The van der Waals surface area contributed by atoms with Crippen molar-refractivity contribution in [3.63, 3.8) is 0 Å². The number of aliphatic hydroxyl groups excluding tert-OH is 1. The van der Waals surface area contributed by atoms with Crippen molar-refractivity contribution in [3.05, 3.63) is 11.8 Å². The average molecular weight is 238 g/mol. The molecule has 0 aliphatic heterocycles. The van der Waals surface area contributed by atoms with Gasteiger partial charge in [0.2, 0.25) is 0 Å². The molecule has 2 N–H and O–H groups in total. The molecule has 0 aromatic heterocycles. The van der Waals surface area contributed by atoms with Crippen LogP contribution in [-0.2, 0) is 4.79 Å². The van der Waals surface area contributed by atoms with Gasteiger partial charge in [-0.1, -0.05) is 13.8 Å². The van der Waals surface area contributed by atoms with Crippen LogP contribution in [0.5, 0.6) is 0 Å². The summed E-state index contributed by atoms with van der Waals surface area (Å²) in [6, 6.07) is 0. The molecule has 3 nitrogen and oxygen atoms in total. The van der Waals surface area contributed by atoms with Gasteiger partial charge in [-0.15, -0.1) is 0 Å². The summed E-state index contributed by atoms with van der Waals surface area (Å²) in [6.07, 6.45) is 5.71. The van der Waals surface area contributed by atoms with Gasteiger partial charge in [0.25, 0.3) is 0 Å². The van der Waals surface area contributed by atoms with Crippen molar-refractivity contribution in [2.75, 3.05) is 0 Å². The first-order chi connectivity index (χ1) is 7.82. The summed E-state index contributed by atoms with van der Waals surface area (Å²) in [5.41, 5.74) is -0.521. The van der Waals surface area contributed by atoms with E-state index in [-0.39, 0.29) is 22.9 Å². The maximum absolute atomic E-state index is 11.2. The Kier molecular flexibility index (Phi) is 3.06. The molecule has 1 fully saturated rings. The Hall–Kier alpha value is -0.830. The molecule has 96 valence electrons. The fraction of sp³-hybridized carbons (Fsp3) is 0.786. The van der Waals surface area contributed by atoms with E-state index >= 15 is 0 Å². The smallest absolute Gasteiger partial charge is 0.159 e. The lowest BCUT2D eigenvalue weighted by Crippen LogP contribution is -2.45.